The topological polar surface area (TPSA) is 54.0 Å². The van der Waals surface area contributed by atoms with Gasteiger partial charge in [0.1, 0.15) is 12.2 Å². The van der Waals surface area contributed by atoms with E-state index in [1.807, 2.05) is 27.7 Å². The van der Waals surface area contributed by atoms with Gasteiger partial charge in [-0.25, -0.2) is 0 Å². The maximum absolute atomic E-state index is 12.0. The summed E-state index contributed by atoms with van der Waals surface area (Å²) < 4.78 is 22.9. The molecule has 0 saturated carbocycles. The van der Waals surface area contributed by atoms with Gasteiger partial charge in [-0.1, -0.05) is 0 Å². The summed E-state index contributed by atoms with van der Waals surface area (Å²) in [6, 6.07) is 0. The number of carbonyl (C=O) groups is 1. The number of hydrogen-bond donors (Lipinski definition) is 0. The summed E-state index contributed by atoms with van der Waals surface area (Å²) in [6.45, 7) is 7.73. The molecule has 1 aliphatic carbocycles. The number of ketones is 1. The Morgan fingerprint density at radius 3 is 2.44 bits per heavy atom. The number of ether oxygens (including phenoxy) is 4. The maximum Gasteiger partial charge on any atom is 0.187 e. The van der Waals surface area contributed by atoms with E-state index in [0.717, 1.165) is 5.57 Å². The zero-order valence-electron chi connectivity index (χ0n) is 11.1. The van der Waals surface area contributed by atoms with Crippen molar-refractivity contribution in [3.63, 3.8) is 0 Å². The normalized spacial score (nSPS) is 41.0. The van der Waals surface area contributed by atoms with Gasteiger partial charge in [0.05, 0.1) is 6.61 Å². The van der Waals surface area contributed by atoms with Gasteiger partial charge in [-0.05, 0) is 39.3 Å². The van der Waals surface area contributed by atoms with Crippen LogP contribution in [0.25, 0.3) is 0 Å². The molecule has 0 N–H and O–H groups in total. The Labute approximate surface area is 106 Å². The molecule has 5 nitrogen and oxygen atoms in total. The molecule has 3 atom stereocenters. The van der Waals surface area contributed by atoms with Crippen LogP contribution in [0.4, 0.5) is 0 Å². The first-order valence-corrected chi connectivity index (χ1v) is 6.19. The molecular weight excluding hydrogens is 236 g/mol. The van der Waals surface area contributed by atoms with Crippen molar-refractivity contribution in [2.75, 3.05) is 6.61 Å². The molecular formula is C13H18O5. The maximum atomic E-state index is 12.0. The summed E-state index contributed by atoms with van der Waals surface area (Å²) in [5, 5.41) is 0. The fraction of sp³-hybridized carbons (Fsp3) is 0.769. The van der Waals surface area contributed by atoms with Crippen LogP contribution in [0.5, 0.6) is 0 Å². The third-order valence-corrected chi connectivity index (χ3v) is 3.40. The van der Waals surface area contributed by atoms with E-state index >= 15 is 0 Å². The van der Waals surface area contributed by atoms with E-state index in [-0.39, 0.29) is 18.0 Å². The summed E-state index contributed by atoms with van der Waals surface area (Å²) in [5.41, 5.74) is 0.835. The van der Waals surface area contributed by atoms with Crippen LogP contribution in [0.2, 0.25) is 0 Å². The Bertz CT molecular complexity index is 423. The quantitative estimate of drug-likeness (QED) is 0.649. The SMILES string of the molecule is CC1(C)O[C@H]2[C@@H](O1)C(=O)C=C1COC(C)(C)O[C@@H]12. The Hall–Kier alpha value is -0.750. The molecule has 100 valence electrons. The Morgan fingerprint density at radius 1 is 1.06 bits per heavy atom. The Kier molecular flexibility index (Phi) is 2.48. The van der Waals surface area contributed by atoms with Crippen molar-refractivity contribution in [1.29, 1.82) is 0 Å². The summed E-state index contributed by atoms with van der Waals surface area (Å²) in [7, 11) is 0. The van der Waals surface area contributed by atoms with Gasteiger partial charge >= 0.3 is 0 Å². The minimum absolute atomic E-state index is 0.0660. The van der Waals surface area contributed by atoms with Crippen molar-refractivity contribution in [2.45, 2.75) is 57.6 Å². The van der Waals surface area contributed by atoms with Crippen molar-refractivity contribution < 1.29 is 23.7 Å². The predicted octanol–water partition coefficient (Wildman–Crippen LogP) is 1.17. The highest BCUT2D eigenvalue weighted by molar-refractivity contribution is 5.96. The highest BCUT2D eigenvalue weighted by Crippen LogP contribution is 2.40. The van der Waals surface area contributed by atoms with Crippen LogP contribution in [-0.4, -0.2) is 42.3 Å². The third kappa shape index (κ3) is 1.91. The van der Waals surface area contributed by atoms with Crippen molar-refractivity contribution >= 4 is 5.78 Å². The van der Waals surface area contributed by atoms with Crippen LogP contribution in [0.3, 0.4) is 0 Å². The lowest BCUT2D eigenvalue weighted by atomic mass is 9.90. The van der Waals surface area contributed by atoms with Crippen molar-refractivity contribution in [3.05, 3.63) is 11.6 Å². The molecule has 0 aromatic rings. The Morgan fingerprint density at radius 2 is 1.72 bits per heavy atom. The lowest BCUT2D eigenvalue weighted by molar-refractivity contribution is -0.272. The molecule has 2 saturated heterocycles. The van der Waals surface area contributed by atoms with Gasteiger partial charge in [-0.3, -0.25) is 4.79 Å². The first-order chi connectivity index (χ1) is 8.27. The second-order valence-electron chi connectivity index (χ2n) is 5.87. The van der Waals surface area contributed by atoms with E-state index in [0.29, 0.717) is 6.61 Å². The minimum Gasteiger partial charge on any atom is -0.346 e. The molecule has 18 heavy (non-hydrogen) atoms. The summed E-state index contributed by atoms with van der Waals surface area (Å²) in [5.74, 6) is -1.48. The zero-order valence-corrected chi connectivity index (χ0v) is 11.1. The minimum atomic E-state index is -0.750. The fourth-order valence-corrected chi connectivity index (χ4v) is 2.65. The molecule has 0 radical (unpaired) electrons. The Balaban J connectivity index is 1.93. The molecule has 0 bridgehead atoms. The molecule has 5 heteroatoms. The third-order valence-electron chi connectivity index (χ3n) is 3.40. The van der Waals surface area contributed by atoms with Gasteiger partial charge < -0.3 is 18.9 Å². The fourth-order valence-electron chi connectivity index (χ4n) is 2.65. The lowest BCUT2D eigenvalue weighted by Crippen LogP contribution is -2.53. The molecule has 2 heterocycles. The lowest BCUT2D eigenvalue weighted by Gasteiger charge is -2.42. The van der Waals surface area contributed by atoms with E-state index in [9.17, 15) is 4.79 Å². The molecule has 2 fully saturated rings. The molecule has 3 aliphatic rings. The largest absolute Gasteiger partial charge is 0.346 e. The second kappa shape index (κ2) is 3.63. The van der Waals surface area contributed by atoms with Gasteiger partial charge in [-0.15, -0.1) is 0 Å². The summed E-state index contributed by atoms with van der Waals surface area (Å²) in [4.78, 5) is 12.0. The number of fused-ring (bicyclic) bond motifs is 3. The van der Waals surface area contributed by atoms with E-state index in [4.69, 9.17) is 18.9 Å². The number of rotatable bonds is 0. The van der Waals surface area contributed by atoms with Crippen LogP contribution < -0.4 is 0 Å². The van der Waals surface area contributed by atoms with E-state index < -0.39 is 17.7 Å². The van der Waals surface area contributed by atoms with Crippen LogP contribution in [-0.2, 0) is 23.7 Å². The average Bonchev–Trinajstić information content (AvgIpc) is 2.56. The standard InChI is InChI=1S/C13H18O5/c1-12(2)15-6-7-5-8(14)10-11(9(7)16-12)18-13(3,4)17-10/h5,9-11H,6H2,1-4H3/t9-,10-,11+/m0/s1. The van der Waals surface area contributed by atoms with Crippen molar-refractivity contribution in [3.8, 4) is 0 Å². The van der Waals surface area contributed by atoms with E-state index in [1.54, 1.807) is 6.08 Å². The van der Waals surface area contributed by atoms with Gasteiger partial charge in [0.15, 0.2) is 23.5 Å². The monoisotopic (exact) mass is 254 g/mol. The number of carbonyl (C=O) groups excluding carboxylic acids is 1. The van der Waals surface area contributed by atoms with Gasteiger partial charge in [0.25, 0.3) is 0 Å². The first-order valence-electron chi connectivity index (χ1n) is 6.19. The predicted molar refractivity (Wildman–Crippen MR) is 61.8 cm³/mol. The smallest absolute Gasteiger partial charge is 0.187 e. The first kappa shape index (κ1) is 12.3. The molecule has 0 unspecified atom stereocenters. The van der Waals surface area contributed by atoms with Crippen molar-refractivity contribution in [1.82, 2.24) is 0 Å². The molecule has 0 aromatic carbocycles. The van der Waals surface area contributed by atoms with Gasteiger partial charge in [-0.2, -0.15) is 0 Å². The van der Waals surface area contributed by atoms with Crippen LogP contribution >= 0.6 is 0 Å². The zero-order chi connectivity index (χ0) is 13.1. The van der Waals surface area contributed by atoms with E-state index in [2.05, 4.69) is 0 Å². The molecule has 0 amide bonds. The highest BCUT2D eigenvalue weighted by atomic mass is 16.8. The van der Waals surface area contributed by atoms with Crippen LogP contribution in [0.1, 0.15) is 27.7 Å². The molecule has 0 spiro atoms. The molecule has 2 aliphatic heterocycles. The van der Waals surface area contributed by atoms with Crippen LogP contribution in [0.15, 0.2) is 11.6 Å². The number of hydrogen-bond acceptors (Lipinski definition) is 5. The summed E-state index contributed by atoms with van der Waals surface area (Å²) in [6.07, 6.45) is 0.364. The summed E-state index contributed by atoms with van der Waals surface area (Å²) >= 11 is 0. The second-order valence-corrected chi connectivity index (χ2v) is 5.87. The molecule has 3 rings (SSSR count). The average molecular weight is 254 g/mol. The highest BCUT2D eigenvalue weighted by Gasteiger charge is 2.54. The van der Waals surface area contributed by atoms with Crippen molar-refractivity contribution in [2.24, 2.45) is 0 Å². The van der Waals surface area contributed by atoms with E-state index in [1.165, 1.54) is 0 Å². The molecule has 0 aromatic heterocycles. The van der Waals surface area contributed by atoms with Gasteiger partial charge in [0.2, 0.25) is 0 Å². The van der Waals surface area contributed by atoms with Gasteiger partial charge in [0, 0.05) is 0 Å². The van der Waals surface area contributed by atoms with Crippen LogP contribution in [0, 0.1) is 0 Å².